The van der Waals surface area contributed by atoms with Crippen molar-refractivity contribution in [2.45, 2.75) is 52.2 Å². The van der Waals surface area contributed by atoms with E-state index in [-0.39, 0.29) is 24.0 Å². The number of nitrogens with zero attached hydrogens (tertiary/aromatic N) is 2. The first-order chi connectivity index (χ1) is 11.8. The first kappa shape index (κ1) is 19.6. The second-order valence-electron chi connectivity index (χ2n) is 7.15. The van der Waals surface area contributed by atoms with Gasteiger partial charge in [-0.05, 0) is 43.4 Å². The normalized spacial score (nSPS) is 18.3. The van der Waals surface area contributed by atoms with Gasteiger partial charge in [-0.15, -0.1) is 0 Å². The standard InChI is InChI=1S/C19H28ClN3O2/c1-13(2)14(3)21-19(25)23-11-5-6-17(23)18(24)22(4)12-15-7-9-16(20)10-8-15/h7-10,13-14,17H,5-6,11-12H2,1-4H3,(H,21,25)/t14-,17?/m0/s1. The first-order valence-electron chi connectivity index (χ1n) is 8.86. The van der Waals surface area contributed by atoms with Crippen LogP contribution in [0.1, 0.15) is 39.2 Å². The lowest BCUT2D eigenvalue weighted by atomic mass is 10.1. The van der Waals surface area contributed by atoms with Gasteiger partial charge in [0.15, 0.2) is 0 Å². The summed E-state index contributed by atoms with van der Waals surface area (Å²) >= 11 is 5.90. The number of carbonyl (C=O) groups excluding carboxylic acids is 2. The number of benzene rings is 1. The Bertz CT molecular complexity index is 603. The smallest absolute Gasteiger partial charge is 0.318 e. The number of nitrogens with one attached hydrogen (secondary N) is 1. The highest BCUT2D eigenvalue weighted by atomic mass is 35.5. The van der Waals surface area contributed by atoms with Gasteiger partial charge in [-0.2, -0.15) is 0 Å². The van der Waals surface area contributed by atoms with Gasteiger partial charge < -0.3 is 15.1 Å². The molecule has 25 heavy (non-hydrogen) atoms. The van der Waals surface area contributed by atoms with Crippen LogP contribution in [-0.2, 0) is 11.3 Å². The van der Waals surface area contributed by atoms with Crippen molar-refractivity contribution in [2.75, 3.05) is 13.6 Å². The molecular formula is C19H28ClN3O2. The van der Waals surface area contributed by atoms with Gasteiger partial charge in [0.1, 0.15) is 6.04 Å². The molecule has 1 N–H and O–H groups in total. The van der Waals surface area contributed by atoms with Crippen LogP contribution in [0, 0.1) is 5.92 Å². The molecule has 1 aliphatic heterocycles. The Morgan fingerprint density at radius 2 is 1.92 bits per heavy atom. The Hall–Kier alpha value is -1.75. The number of hydrogen-bond donors (Lipinski definition) is 1. The SMILES string of the molecule is CC(C)[C@H](C)NC(=O)N1CCCC1C(=O)N(C)Cc1ccc(Cl)cc1. The highest BCUT2D eigenvalue weighted by Crippen LogP contribution is 2.21. The van der Waals surface area contributed by atoms with E-state index < -0.39 is 0 Å². The van der Waals surface area contributed by atoms with Gasteiger partial charge in [-0.1, -0.05) is 37.6 Å². The van der Waals surface area contributed by atoms with Crippen LogP contribution in [0.15, 0.2) is 24.3 Å². The fourth-order valence-corrected chi connectivity index (χ4v) is 3.03. The second kappa shape index (κ2) is 8.56. The molecule has 6 heteroatoms. The molecule has 1 aromatic carbocycles. The first-order valence-corrected chi connectivity index (χ1v) is 9.24. The fraction of sp³-hybridized carbons (Fsp3) is 0.579. The maximum absolute atomic E-state index is 12.8. The van der Waals surface area contributed by atoms with Gasteiger partial charge in [0.05, 0.1) is 0 Å². The Kier molecular flexibility index (Phi) is 6.71. The van der Waals surface area contributed by atoms with E-state index in [0.29, 0.717) is 30.5 Å². The molecule has 5 nitrogen and oxygen atoms in total. The van der Waals surface area contributed by atoms with Gasteiger partial charge in [0.2, 0.25) is 5.91 Å². The molecule has 0 aliphatic carbocycles. The van der Waals surface area contributed by atoms with Crippen molar-refractivity contribution >= 4 is 23.5 Å². The Balaban J connectivity index is 1.99. The molecule has 2 atom stereocenters. The molecule has 1 fully saturated rings. The van der Waals surface area contributed by atoms with Crippen LogP contribution in [-0.4, -0.2) is 47.4 Å². The molecule has 0 radical (unpaired) electrons. The van der Waals surface area contributed by atoms with Gasteiger partial charge in [-0.3, -0.25) is 4.79 Å². The van der Waals surface area contributed by atoms with Crippen molar-refractivity contribution in [3.8, 4) is 0 Å². The minimum atomic E-state index is -0.378. The van der Waals surface area contributed by atoms with Crippen LogP contribution in [0.25, 0.3) is 0 Å². The third-order valence-electron chi connectivity index (χ3n) is 4.86. The van der Waals surface area contributed by atoms with Crippen LogP contribution in [0.2, 0.25) is 5.02 Å². The van der Waals surface area contributed by atoms with Crippen LogP contribution in [0.3, 0.4) is 0 Å². The molecule has 0 saturated carbocycles. The number of likely N-dealkylation sites (tertiary alicyclic amines) is 1. The predicted octanol–water partition coefficient (Wildman–Crippen LogP) is 3.52. The number of carbonyl (C=O) groups is 2. The summed E-state index contributed by atoms with van der Waals surface area (Å²) in [5, 5.41) is 3.68. The van der Waals surface area contributed by atoms with Gasteiger partial charge >= 0.3 is 6.03 Å². The molecule has 1 unspecified atom stereocenters. The zero-order chi connectivity index (χ0) is 18.6. The molecule has 2 rings (SSSR count). The van der Waals surface area contributed by atoms with Gasteiger partial charge in [0, 0.05) is 31.2 Å². The topological polar surface area (TPSA) is 52.7 Å². The summed E-state index contributed by atoms with van der Waals surface area (Å²) in [4.78, 5) is 28.7. The van der Waals surface area contributed by atoms with E-state index >= 15 is 0 Å². The number of urea groups is 1. The molecule has 1 saturated heterocycles. The minimum absolute atomic E-state index is 0.0141. The molecule has 3 amide bonds. The van der Waals surface area contributed by atoms with Crippen molar-refractivity contribution in [1.82, 2.24) is 15.1 Å². The monoisotopic (exact) mass is 365 g/mol. The summed E-state index contributed by atoms with van der Waals surface area (Å²) in [5.74, 6) is 0.341. The Labute approximate surface area is 155 Å². The molecule has 1 aromatic rings. The summed E-state index contributed by atoms with van der Waals surface area (Å²) in [6.45, 7) is 7.25. The maximum Gasteiger partial charge on any atom is 0.318 e. The largest absolute Gasteiger partial charge is 0.340 e. The summed E-state index contributed by atoms with van der Waals surface area (Å²) in [5.41, 5.74) is 1.02. The van der Waals surface area contributed by atoms with Gasteiger partial charge in [-0.25, -0.2) is 4.79 Å². The van der Waals surface area contributed by atoms with Crippen molar-refractivity contribution in [2.24, 2.45) is 5.92 Å². The van der Waals surface area contributed by atoms with Gasteiger partial charge in [0.25, 0.3) is 0 Å². The van der Waals surface area contributed by atoms with E-state index in [2.05, 4.69) is 19.2 Å². The predicted molar refractivity (Wildman–Crippen MR) is 100 cm³/mol. The van der Waals surface area contributed by atoms with Crippen LogP contribution < -0.4 is 5.32 Å². The third kappa shape index (κ3) is 5.11. The number of hydrogen-bond acceptors (Lipinski definition) is 2. The number of halogens is 1. The van der Waals surface area contributed by atoms with Crippen LogP contribution in [0.5, 0.6) is 0 Å². The summed E-state index contributed by atoms with van der Waals surface area (Å²) in [7, 11) is 1.78. The Morgan fingerprint density at radius 1 is 1.28 bits per heavy atom. The fourth-order valence-electron chi connectivity index (χ4n) is 2.91. The van der Waals surface area contributed by atoms with Crippen LogP contribution >= 0.6 is 11.6 Å². The molecule has 0 aromatic heterocycles. The van der Waals surface area contributed by atoms with Crippen LogP contribution in [0.4, 0.5) is 4.79 Å². The number of rotatable bonds is 5. The third-order valence-corrected chi connectivity index (χ3v) is 5.11. The van der Waals surface area contributed by atoms with E-state index in [1.54, 1.807) is 16.8 Å². The molecule has 1 heterocycles. The second-order valence-corrected chi connectivity index (χ2v) is 7.59. The zero-order valence-corrected chi connectivity index (χ0v) is 16.2. The van der Waals surface area contributed by atoms with Crippen molar-refractivity contribution in [3.05, 3.63) is 34.9 Å². The summed E-state index contributed by atoms with van der Waals surface area (Å²) in [6, 6.07) is 7.02. The van der Waals surface area contributed by atoms with E-state index in [1.807, 2.05) is 31.2 Å². The van der Waals surface area contributed by atoms with E-state index in [9.17, 15) is 9.59 Å². The molecule has 0 spiro atoms. The minimum Gasteiger partial charge on any atom is -0.340 e. The summed E-state index contributed by atoms with van der Waals surface area (Å²) in [6.07, 6.45) is 1.57. The van der Waals surface area contributed by atoms with Crippen molar-refractivity contribution in [3.63, 3.8) is 0 Å². The molecule has 138 valence electrons. The highest BCUT2D eigenvalue weighted by molar-refractivity contribution is 6.30. The highest BCUT2D eigenvalue weighted by Gasteiger charge is 2.36. The average Bonchev–Trinajstić information content (AvgIpc) is 3.05. The van der Waals surface area contributed by atoms with Crippen molar-refractivity contribution < 1.29 is 9.59 Å². The lowest BCUT2D eigenvalue weighted by Crippen LogP contribution is -2.52. The Morgan fingerprint density at radius 3 is 2.52 bits per heavy atom. The van der Waals surface area contributed by atoms with E-state index in [4.69, 9.17) is 11.6 Å². The van der Waals surface area contributed by atoms with E-state index in [1.165, 1.54) is 0 Å². The lowest BCUT2D eigenvalue weighted by Gasteiger charge is -2.30. The quantitative estimate of drug-likeness (QED) is 0.868. The number of amides is 3. The molecule has 0 bridgehead atoms. The lowest BCUT2D eigenvalue weighted by molar-refractivity contribution is -0.134. The number of likely N-dealkylation sites (N-methyl/N-ethyl adjacent to an activating group) is 1. The molecule has 1 aliphatic rings. The van der Waals surface area contributed by atoms with E-state index in [0.717, 1.165) is 12.0 Å². The van der Waals surface area contributed by atoms with Crippen molar-refractivity contribution in [1.29, 1.82) is 0 Å². The zero-order valence-electron chi connectivity index (χ0n) is 15.5. The molecular weight excluding hydrogens is 338 g/mol. The summed E-state index contributed by atoms with van der Waals surface area (Å²) < 4.78 is 0. The maximum atomic E-state index is 12.8. The average molecular weight is 366 g/mol.